The quantitative estimate of drug-likeness (QED) is 0.334. The lowest BCUT2D eigenvalue weighted by Gasteiger charge is -2.30. The summed E-state index contributed by atoms with van der Waals surface area (Å²) in [5.41, 5.74) is 0.420. The Labute approximate surface area is 167 Å². The Hall–Kier alpha value is -1.44. The molecule has 154 valence electrons. The molecule has 2 aromatic carbocycles. The van der Waals surface area contributed by atoms with E-state index < -0.39 is 41.0 Å². The van der Waals surface area contributed by atoms with Crippen LogP contribution in [0.15, 0.2) is 12.1 Å². The summed E-state index contributed by atoms with van der Waals surface area (Å²) in [5, 5.41) is -0.279. The van der Waals surface area contributed by atoms with Crippen molar-refractivity contribution in [2.45, 2.75) is 56.6 Å². The molecule has 3 rings (SSSR count). The van der Waals surface area contributed by atoms with Gasteiger partial charge in [-0.25, -0.2) is 8.78 Å². The molecular formula is C20H19BrF6O. The smallest absolute Gasteiger partial charge is 0.391 e. The first-order chi connectivity index (χ1) is 13.0. The third kappa shape index (κ3) is 3.84. The Morgan fingerprint density at radius 3 is 2.14 bits per heavy atom. The first-order valence-corrected chi connectivity index (χ1v) is 9.91. The predicted molar refractivity (Wildman–Crippen MR) is 98.3 cm³/mol. The SMILES string of the molecule is Cc1c(OC2CCC(C(F)(F)F)CC2)c(F)c(F)c2c(F)c(C(C)Br)ccc12. The highest BCUT2D eigenvalue weighted by Crippen LogP contribution is 2.41. The molecular weight excluding hydrogens is 450 g/mol. The Morgan fingerprint density at radius 2 is 1.61 bits per heavy atom. The summed E-state index contributed by atoms with van der Waals surface area (Å²) in [7, 11) is 0. The lowest BCUT2D eigenvalue weighted by molar-refractivity contribution is -0.185. The molecule has 2 aromatic rings. The van der Waals surface area contributed by atoms with Crippen LogP contribution < -0.4 is 4.74 Å². The van der Waals surface area contributed by atoms with E-state index in [4.69, 9.17) is 4.74 Å². The predicted octanol–water partition coefficient (Wildman–Crippen LogP) is 7.52. The van der Waals surface area contributed by atoms with Gasteiger partial charge in [-0.05, 0) is 44.9 Å². The molecule has 0 spiro atoms. The van der Waals surface area contributed by atoms with E-state index in [1.54, 1.807) is 6.92 Å². The van der Waals surface area contributed by atoms with Crippen LogP contribution in [0.5, 0.6) is 5.75 Å². The molecule has 0 aliphatic heterocycles. The molecule has 0 radical (unpaired) electrons. The minimum absolute atomic E-state index is 0.0944. The number of aryl methyl sites for hydroxylation is 1. The molecule has 0 heterocycles. The third-order valence-electron chi connectivity index (χ3n) is 5.38. The number of hydrogen-bond acceptors (Lipinski definition) is 1. The Bertz CT molecular complexity index is 885. The maximum Gasteiger partial charge on any atom is 0.391 e. The lowest BCUT2D eigenvalue weighted by atomic mass is 9.87. The van der Waals surface area contributed by atoms with Crippen LogP contribution in [-0.4, -0.2) is 12.3 Å². The van der Waals surface area contributed by atoms with Gasteiger partial charge in [0.2, 0.25) is 5.82 Å². The molecule has 1 aliphatic rings. The number of ether oxygens (including phenoxy) is 1. The summed E-state index contributed by atoms with van der Waals surface area (Å²) in [6.45, 7) is 3.15. The van der Waals surface area contributed by atoms with E-state index in [9.17, 15) is 26.3 Å². The zero-order valence-corrected chi connectivity index (χ0v) is 16.9. The molecule has 8 heteroatoms. The van der Waals surface area contributed by atoms with Gasteiger partial charge in [0.15, 0.2) is 11.6 Å². The highest BCUT2D eigenvalue weighted by molar-refractivity contribution is 9.09. The summed E-state index contributed by atoms with van der Waals surface area (Å²) in [6.07, 6.45) is -4.95. The second-order valence-electron chi connectivity index (χ2n) is 7.22. The number of benzene rings is 2. The van der Waals surface area contributed by atoms with Gasteiger partial charge in [0.25, 0.3) is 0 Å². The second kappa shape index (κ2) is 7.76. The fourth-order valence-corrected chi connectivity index (χ4v) is 4.09. The standard InChI is InChI=1S/C20H19BrF6O/c1-9-13-7-8-14(10(2)21)16(22)15(13)17(23)18(24)19(9)28-12-5-3-11(4-6-12)20(25,26)27/h7-8,10-12H,3-6H2,1-2H3. The molecule has 1 aliphatic carbocycles. The van der Waals surface area contributed by atoms with Crippen molar-refractivity contribution < 1.29 is 31.1 Å². The van der Waals surface area contributed by atoms with E-state index in [0.29, 0.717) is 0 Å². The molecule has 0 saturated heterocycles. The number of rotatable bonds is 3. The van der Waals surface area contributed by atoms with Gasteiger partial charge in [-0.2, -0.15) is 17.6 Å². The molecule has 1 unspecified atom stereocenters. The minimum atomic E-state index is -4.26. The van der Waals surface area contributed by atoms with Gasteiger partial charge in [0, 0.05) is 16.0 Å². The van der Waals surface area contributed by atoms with Gasteiger partial charge in [-0.3, -0.25) is 0 Å². The van der Waals surface area contributed by atoms with Crippen molar-refractivity contribution in [3.05, 3.63) is 40.7 Å². The Kier molecular flexibility index (Phi) is 5.90. The first kappa shape index (κ1) is 21.3. The van der Waals surface area contributed by atoms with Crippen LogP contribution in [0, 0.1) is 30.3 Å². The zero-order valence-electron chi connectivity index (χ0n) is 15.3. The van der Waals surface area contributed by atoms with E-state index in [1.165, 1.54) is 19.1 Å². The number of alkyl halides is 4. The summed E-state index contributed by atoms with van der Waals surface area (Å²) in [6, 6.07) is 2.98. The van der Waals surface area contributed by atoms with Gasteiger partial charge >= 0.3 is 6.18 Å². The van der Waals surface area contributed by atoms with Crippen LogP contribution in [0.25, 0.3) is 10.8 Å². The van der Waals surface area contributed by atoms with Crippen LogP contribution in [0.3, 0.4) is 0 Å². The first-order valence-electron chi connectivity index (χ1n) is 8.99. The average Bonchev–Trinajstić information content (AvgIpc) is 2.62. The van der Waals surface area contributed by atoms with Crippen molar-refractivity contribution in [3.63, 3.8) is 0 Å². The average molecular weight is 469 g/mol. The topological polar surface area (TPSA) is 9.23 Å². The summed E-state index contributed by atoms with van der Waals surface area (Å²) >= 11 is 3.22. The van der Waals surface area contributed by atoms with Crippen molar-refractivity contribution in [1.82, 2.24) is 0 Å². The van der Waals surface area contributed by atoms with Crippen LogP contribution in [0.2, 0.25) is 0 Å². The molecule has 28 heavy (non-hydrogen) atoms. The maximum absolute atomic E-state index is 14.7. The van der Waals surface area contributed by atoms with Crippen molar-refractivity contribution in [2.75, 3.05) is 0 Å². The highest BCUT2D eigenvalue weighted by atomic mass is 79.9. The van der Waals surface area contributed by atoms with Crippen molar-refractivity contribution >= 4 is 26.7 Å². The number of fused-ring (bicyclic) bond motifs is 1. The van der Waals surface area contributed by atoms with E-state index in [0.717, 1.165) is 0 Å². The highest BCUT2D eigenvalue weighted by Gasteiger charge is 2.42. The van der Waals surface area contributed by atoms with Gasteiger partial charge < -0.3 is 4.74 Å². The molecule has 0 amide bonds. The monoisotopic (exact) mass is 468 g/mol. The normalized spacial score (nSPS) is 21.8. The summed E-state index contributed by atoms with van der Waals surface area (Å²) in [4.78, 5) is -0.389. The maximum atomic E-state index is 14.7. The molecule has 0 N–H and O–H groups in total. The van der Waals surface area contributed by atoms with Crippen molar-refractivity contribution in [2.24, 2.45) is 5.92 Å². The molecule has 1 fully saturated rings. The summed E-state index contributed by atoms with van der Waals surface area (Å²) < 4.78 is 88.0. The largest absolute Gasteiger partial charge is 0.487 e. The van der Waals surface area contributed by atoms with E-state index in [2.05, 4.69) is 15.9 Å². The van der Waals surface area contributed by atoms with Gasteiger partial charge in [-0.1, -0.05) is 28.1 Å². The molecule has 1 atom stereocenters. The van der Waals surface area contributed by atoms with Gasteiger partial charge in [0.1, 0.15) is 5.82 Å². The van der Waals surface area contributed by atoms with Gasteiger partial charge in [0.05, 0.1) is 17.4 Å². The van der Waals surface area contributed by atoms with E-state index in [1.807, 2.05) is 0 Å². The number of halogens is 7. The van der Waals surface area contributed by atoms with Crippen LogP contribution in [0.1, 0.15) is 48.6 Å². The van der Waals surface area contributed by atoms with Crippen molar-refractivity contribution in [1.29, 1.82) is 0 Å². The van der Waals surface area contributed by atoms with Gasteiger partial charge in [-0.15, -0.1) is 0 Å². The fourth-order valence-electron chi connectivity index (χ4n) is 3.74. The fraction of sp³-hybridized carbons (Fsp3) is 0.500. The second-order valence-corrected chi connectivity index (χ2v) is 8.60. The minimum Gasteiger partial charge on any atom is -0.487 e. The molecule has 0 aromatic heterocycles. The molecule has 1 saturated carbocycles. The number of hydrogen-bond donors (Lipinski definition) is 0. The molecule has 1 nitrogen and oxygen atoms in total. The van der Waals surface area contributed by atoms with Crippen LogP contribution in [-0.2, 0) is 0 Å². The van der Waals surface area contributed by atoms with Crippen LogP contribution >= 0.6 is 15.9 Å². The summed E-state index contributed by atoms with van der Waals surface area (Å²) in [5.74, 6) is -5.28. The zero-order chi connectivity index (χ0) is 20.8. The Balaban J connectivity index is 1.94. The molecule has 0 bridgehead atoms. The van der Waals surface area contributed by atoms with Crippen molar-refractivity contribution in [3.8, 4) is 5.75 Å². The Morgan fingerprint density at radius 1 is 1.00 bits per heavy atom. The lowest BCUT2D eigenvalue weighted by Crippen LogP contribution is -2.32. The van der Waals surface area contributed by atoms with E-state index in [-0.39, 0.29) is 52.8 Å². The third-order valence-corrected chi connectivity index (χ3v) is 5.87. The van der Waals surface area contributed by atoms with E-state index >= 15 is 0 Å². The van der Waals surface area contributed by atoms with Crippen LogP contribution in [0.4, 0.5) is 26.3 Å².